The number of aliphatic hydroxyl groups excluding tert-OH is 1. The first kappa shape index (κ1) is 25.2. The van der Waals surface area contributed by atoms with Gasteiger partial charge in [-0.1, -0.05) is 24.3 Å². The van der Waals surface area contributed by atoms with Gasteiger partial charge < -0.3 is 24.5 Å². The fraction of sp³-hybridized carbons (Fsp3) is 0.214. The molecule has 0 saturated carbocycles. The van der Waals surface area contributed by atoms with Gasteiger partial charge in [0.1, 0.15) is 24.3 Å². The summed E-state index contributed by atoms with van der Waals surface area (Å²) >= 11 is 0. The summed E-state index contributed by atoms with van der Waals surface area (Å²) in [5.74, 6) is -0.872. The van der Waals surface area contributed by atoms with Crippen molar-refractivity contribution in [3.05, 3.63) is 90.0 Å². The summed E-state index contributed by atoms with van der Waals surface area (Å²) in [7, 11) is 1.45. The largest absolute Gasteiger partial charge is 0.494 e. The van der Waals surface area contributed by atoms with E-state index >= 15 is 0 Å². The third-order valence-electron chi connectivity index (χ3n) is 7.25. The van der Waals surface area contributed by atoms with Gasteiger partial charge in [-0.2, -0.15) is 17.9 Å². The number of benzene rings is 1. The third kappa shape index (κ3) is 4.30. The highest BCUT2D eigenvalue weighted by Gasteiger charge is 2.49. The average Bonchev–Trinajstić information content (AvgIpc) is 3.39. The van der Waals surface area contributed by atoms with E-state index in [0.29, 0.717) is 28.8 Å². The Balaban J connectivity index is 1.15. The lowest BCUT2D eigenvalue weighted by atomic mass is 9.95. The number of aliphatic hydroxyl groups is 1. The van der Waals surface area contributed by atoms with E-state index in [2.05, 4.69) is 31.1 Å². The predicted octanol–water partition coefficient (Wildman–Crippen LogP) is 4.48. The number of nitrogens with one attached hydrogen (secondary N) is 1. The molecule has 5 aromatic rings. The van der Waals surface area contributed by atoms with E-state index in [-0.39, 0.29) is 12.0 Å². The van der Waals surface area contributed by atoms with Gasteiger partial charge in [0, 0.05) is 36.3 Å². The minimum Gasteiger partial charge on any atom is -0.494 e. The quantitative estimate of drug-likeness (QED) is 0.292. The van der Waals surface area contributed by atoms with Gasteiger partial charge in [0.25, 0.3) is 5.82 Å². The number of aromatic nitrogens is 6. The number of hydrogen-bond acceptors (Lipinski definition) is 8. The monoisotopic (exact) mass is 561 g/mol. The molecule has 208 valence electrons. The standard InChI is InChI=1S/C28H22F3N7O3/c1-40-20-12-34-25(38-14-35-27(36-38)28(29,30)31)22-21(20)18(11-33-22)23(39)24-26(41-24)37-10-8-16-15(13-37)5-4-6-17(16)19-7-2-3-9-32-19/h2-12,14,23-24,26,33,39H,13H2,1H3. The molecule has 41 heavy (non-hydrogen) atoms. The summed E-state index contributed by atoms with van der Waals surface area (Å²) in [4.78, 5) is 17.1. The number of halogens is 3. The second-order valence-electron chi connectivity index (χ2n) is 9.67. The summed E-state index contributed by atoms with van der Waals surface area (Å²) in [6.45, 7) is 0.583. The molecule has 10 nitrogen and oxygen atoms in total. The molecular formula is C28H22F3N7O3. The van der Waals surface area contributed by atoms with Crippen molar-refractivity contribution in [1.82, 2.24) is 34.6 Å². The number of alkyl halides is 3. The van der Waals surface area contributed by atoms with Crippen LogP contribution in [0.3, 0.4) is 0 Å². The Morgan fingerprint density at radius 2 is 2.02 bits per heavy atom. The predicted molar refractivity (Wildman–Crippen MR) is 140 cm³/mol. The van der Waals surface area contributed by atoms with Crippen molar-refractivity contribution in [1.29, 1.82) is 0 Å². The molecule has 0 radical (unpaired) electrons. The molecule has 2 aliphatic heterocycles. The van der Waals surface area contributed by atoms with Crippen LogP contribution < -0.4 is 4.74 Å². The van der Waals surface area contributed by atoms with Crippen LogP contribution in [0, 0.1) is 0 Å². The number of nitrogens with zero attached hydrogens (tertiary/aromatic N) is 6. The summed E-state index contributed by atoms with van der Waals surface area (Å²) in [6.07, 6.45) is 2.93. The molecule has 0 aliphatic carbocycles. The zero-order chi connectivity index (χ0) is 28.3. The number of aromatic amines is 1. The van der Waals surface area contributed by atoms with Crippen LogP contribution in [0.5, 0.6) is 5.75 Å². The number of hydrogen-bond donors (Lipinski definition) is 2. The van der Waals surface area contributed by atoms with Crippen molar-refractivity contribution in [3.63, 3.8) is 0 Å². The van der Waals surface area contributed by atoms with Crippen molar-refractivity contribution >= 4 is 17.0 Å². The van der Waals surface area contributed by atoms with Crippen molar-refractivity contribution < 1.29 is 27.8 Å². The molecule has 1 fully saturated rings. The fourth-order valence-corrected chi connectivity index (χ4v) is 5.26. The van der Waals surface area contributed by atoms with E-state index in [1.54, 1.807) is 12.4 Å². The zero-order valence-corrected chi connectivity index (χ0v) is 21.4. The van der Waals surface area contributed by atoms with Crippen LogP contribution in [-0.4, -0.2) is 59.2 Å². The molecule has 0 amide bonds. The number of epoxide rings is 1. The molecule has 1 aromatic carbocycles. The Kier molecular flexibility index (Phi) is 5.80. The van der Waals surface area contributed by atoms with E-state index in [9.17, 15) is 18.3 Å². The fourth-order valence-electron chi connectivity index (χ4n) is 5.26. The normalized spacial score (nSPS) is 18.9. The van der Waals surface area contributed by atoms with Crippen LogP contribution >= 0.6 is 0 Å². The smallest absolute Gasteiger partial charge is 0.453 e. The van der Waals surface area contributed by atoms with E-state index in [4.69, 9.17) is 9.47 Å². The number of fused-ring (bicyclic) bond motifs is 2. The SMILES string of the molecule is COc1cnc(-n2cnc(C(F)(F)F)n2)c2[nH]cc(C(O)C3OC3N3C=Cc4c(cccc4-c4ccccn4)C3)c12. The van der Waals surface area contributed by atoms with Crippen LogP contribution in [0.1, 0.15) is 28.6 Å². The molecule has 3 unspecified atom stereocenters. The zero-order valence-electron chi connectivity index (χ0n) is 21.4. The van der Waals surface area contributed by atoms with Crippen molar-refractivity contribution in [2.75, 3.05) is 7.11 Å². The molecule has 2 aliphatic rings. The summed E-state index contributed by atoms with van der Waals surface area (Å²) < 4.78 is 51.6. The lowest BCUT2D eigenvalue weighted by Crippen LogP contribution is -2.26. The van der Waals surface area contributed by atoms with Crippen LogP contribution in [-0.2, 0) is 17.5 Å². The Morgan fingerprint density at radius 1 is 1.15 bits per heavy atom. The number of H-pyrrole nitrogens is 1. The molecule has 0 bridgehead atoms. The highest BCUT2D eigenvalue weighted by atomic mass is 19.4. The molecule has 4 aromatic heterocycles. The van der Waals surface area contributed by atoms with E-state index in [0.717, 1.165) is 33.4 Å². The van der Waals surface area contributed by atoms with E-state index < -0.39 is 24.2 Å². The summed E-state index contributed by atoms with van der Waals surface area (Å²) in [5.41, 5.74) is 4.92. The van der Waals surface area contributed by atoms with Gasteiger partial charge in [0.15, 0.2) is 12.0 Å². The second-order valence-corrected chi connectivity index (χ2v) is 9.67. The molecule has 7 rings (SSSR count). The molecule has 0 spiro atoms. The van der Waals surface area contributed by atoms with Gasteiger partial charge in [-0.05, 0) is 29.3 Å². The van der Waals surface area contributed by atoms with E-state index in [1.807, 2.05) is 47.5 Å². The first-order valence-electron chi connectivity index (χ1n) is 12.7. The van der Waals surface area contributed by atoms with Crippen LogP contribution in [0.15, 0.2) is 67.5 Å². The Labute approximate surface area is 230 Å². The minimum atomic E-state index is -4.70. The van der Waals surface area contributed by atoms with Crippen molar-refractivity contribution in [2.45, 2.75) is 31.2 Å². The topological polar surface area (TPSA) is 118 Å². The number of methoxy groups -OCH3 is 1. The van der Waals surface area contributed by atoms with E-state index in [1.165, 1.54) is 13.3 Å². The Hall–Kier alpha value is -4.75. The van der Waals surface area contributed by atoms with Gasteiger partial charge in [0.05, 0.1) is 29.9 Å². The average molecular weight is 562 g/mol. The molecule has 3 atom stereocenters. The third-order valence-corrected chi connectivity index (χ3v) is 7.25. The molecular weight excluding hydrogens is 539 g/mol. The summed E-state index contributed by atoms with van der Waals surface area (Å²) in [6, 6.07) is 11.9. The number of ether oxygens (including phenoxy) is 2. The summed E-state index contributed by atoms with van der Waals surface area (Å²) in [5, 5.41) is 15.4. The van der Waals surface area contributed by atoms with Gasteiger partial charge in [0.2, 0.25) is 0 Å². The lowest BCUT2D eigenvalue weighted by Gasteiger charge is -2.25. The van der Waals surface area contributed by atoms with Crippen molar-refractivity contribution in [2.24, 2.45) is 0 Å². The van der Waals surface area contributed by atoms with Gasteiger partial charge in [-0.25, -0.2) is 9.97 Å². The maximum Gasteiger partial charge on any atom is 0.453 e. The van der Waals surface area contributed by atoms with Gasteiger partial charge >= 0.3 is 6.18 Å². The number of rotatable bonds is 6. The highest BCUT2D eigenvalue weighted by molar-refractivity contribution is 5.93. The number of pyridine rings is 2. The molecule has 1 saturated heterocycles. The maximum absolute atomic E-state index is 13.1. The Bertz CT molecular complexity index is 1780. The first-order valence-corrected chi connectivity index (χ1v) is 12.7. The lowest BCUT2D eigenvalue weighted by molar-refractivity contribution is -0.144. The van der Waals surface area contributed by atoms with Crippen LogP contribution in [0.4, 0.5) is 13.2 Å². The van der Waals surface area contributed by atoms with Crippen LogP contribution in [0.25, 0.3) is 34.1 Å². The second kappa shape index (κ2) is 9.42. The maximum atomic E-state index is 13.1. The van der Waals surface area contributed by atoms with Gasteiger partial charge in [-0.3, -0.25) is 4.98 Å². The highest BCUT2D eigenvalue weighted by Crippen LogP contribution is 2.43. The molecule has 6 heterocycles. The van der Waals surface area contributed by atoms with Gasteiger partial charge in [-0.15, -0.1) is 5.10 Å². The minimum absolute atomic E-state index is 0.0785. The molecule has 2 N–H and O–H groups in total. The first-order chi connectivity index (χ1) is 19.8. The van der Waals surface area contributed by atoms with Crippen molar-refractivity contribution in [3.8, 4) is 22.8 Å². The molecule has 13 heteroatoms. The Morgan fingerprint density at radius 3 is 2.78 bits per heavy atom. The van der Waals surface area contributed by atoms with Crippen LogP contribution in [0.2, 0.25) is 0 Å².